The fraction of sp³-hybridized carbons (Fsp3) is 0.300. The molecule has 0 saturated carbocycles. The summed E-state index contributed by atoms with van der Waals surface area (Å²) >= 11 is 5.65. The zero-order valence-electron chi connectivity index (χ0n) is 8.41. The summed E-state index contributed by atoms with van der Waals surface area (Å²) in [5.74, 6) is -1.20. The van der Waals surface area contributed by atoms with Gasteiger partial charge in [0, 0.05) is 5.02 Å². The van der Waals surface area contributed by atoms with E-state index in [1.807, 2.05) is 0 Å². The first-order valence-electron chi connectivity index (χ1n) is 4.34. The van der Waals surface area contributed by atoms with Crippen molar-refractivity contribution in [2.45, 2.75) is 12.0 Å². The molecular weight excluding hydrogens is 240 g/mol. The Bertz CT molecular complexity index is 400. The van der Waals surface area contributed by atoms with Gasteiger partial charge >= 0.3 is 5.97 Å². The van der Waals surface area contributed by atoms with Gasteiger partial charge in [-0.15, -0.1) is 0 Å². The van der Waals surface area contributed by atoms with Gasteiger partial charge in [-0.3, -0.25) is 0 Å². The molecule has 1 rings (SSSR count). The van der Waals surface area contributed by atoms with Crippen LogP contribution in [0.15, 0.2) is 24.3 Å². The van der Waals surface area contributed by atoms with Gasteiger partial charge in [0.15, 0.2) is 0 Å². The van der Waals surface area contributed by atoms with E-state index in [2.05, 4.69) is 4.74 Å². The van der Waals surface area contributed by atoms with Crippen LogP contribution in [0.3, 0.4) is 0 Å². The van der Waals surface area contributed by atoms with Crippen LogP contribution in [0.1, 0.15) is 5.56 Å². The largest absolute Gasteiger partial charge is 0.467 e. The molecule has 0 aromatic heterocycles. The molecular formula is C10H10ClF2NO2. The molecule has 0 saturated heterocycles. The third kappa shape index (κ3) is 2.15. The molecule has 3 nitrogen and oxygen atoms in total. The van der Waals surface area contributed by atoms with Gasteiger partial charge in [0.25, 0.3) is 6.43 Å². The molecule has 2 N–H and O–H groups in total. The average Bonchev–Trinajstić information content (AvgIpc) is 2.26. The van der Waals surface area contributed by atoms with Gasteiger partial charge in [-0.1, -0.05) is 23.7 Å². The standard InChI is InChI=1S/C10H10ClF2NO2/c1-16-9(15)10(14,8(12)13)6-3-2-4-7(11)5-6/h2-5,8H,14H2,1H3. The topological polar surface area (TPSA) is 52.3 Å². The average molecular weight is 250 g/mol. The number of halogens is 3. The molecule has 1 atom stereocenters. The SMILES string of the molecule is COC(=O)C(N)(c1cccc(Cl)c1)C(F)F. The zero-order valence-corrected chi connectivity index (χ0v) is 9.17. The van der Waals surface area contributed by atoms with Crippen molar-refractivity contribution in [3.63, 3.8) is 0 Å². The van der Waals surface area contributed by atoms with Gasteiger partial charge < -0.3 is 10.5 Å². The molecule has 1 aromatic rings. The minimum absolute atomic E-state index is 0.0816. The fourth-order valence-electron chi connectivity index (χ4n) is 1.25. The zero-order chi connectivity index (χ0) is 12.3. The molecule has 0 aliphatic carbocycles. The molecule has 6 heteroatoms. The normalized spacial score (nSPS) is 14.6. The van der Waals surface area contributed by atoms with E-state index in [1.54, 1.807) is 0 Å². The molecule has 0 aliphatic rings. The van der Waals surface area contributed by atoms with Crippen molar-refractivity contribution in [2.24, 2.45) is 5.73 Å². The van der Waals surface area contributed by atoms with Crippen LogP contribution >= 0.6 is 11.6 Å². The van der Waals surface area contributed by atoms with Crippen LogP contribution in [-0.4, -0.2) is 19.5 Å². The van der Waals surface area contributed by atoms with E-state index in [4.69, 9.17) is 17.3 Å². The number of carbonyl (C=O) groups is 1. The van der Waals surface area contributed by atoms with Gasteiger partial charge in [0.2, 0.25) is 5.54 Å². The molecule has 1 unspecified atom stereocenters. The Labute approximate surface area is 96.1 Å². The van der Waals surface area contributed by atoms with Crippen LogP contribution in [0.5, 0.6) is 0 Å². The maximum atomic E-state index is 12.9. The van der Waals surface area contributed by atoms with E-state index in [1.165, 1.54) is 24.3 Å². The number of benzene rings is 1. The number of esters is 1. The van der Waals surface area contributed by atoms with Crippen molar-refractivity contribution in [1.82, 2.24) is 0 Å². The van der Waals surface area contributed by atoms with E-state index < -0.39 is 17.9 Å². The molecule has 88 valence electrons. The van der Waals surface area contributed by atoms with Crippen LogP contribution in [0, 0.1) is 0 Å². The smallest absolute Gasteiger partial charge is 0.336 e. The molecule has 0 bridgehead atoms. The van der Waals surface area contributed by atoms with Gasteiger partial charge in [0.1, 0.15) is 0 Å². The molecule has 0 fully saturated rings. The number of rotatable bonds is 3. The number of alkyl halides is 2. The Morgan fingerprint density at radius 2 is 2.19 bits per heavy atom. The highest BCUT2D eigenvalue weighted by Gasteiger charge is 2.46. The molecule has 0 heterocycles. The molecule has 1 aromatic carbocycles. The van der Waals surface area contributed by atoms with Crippen LogP contribution < -0.4 is 5.73 Å². The van der Waals surface area contributed by atoms with Crippen molar-refractivity contribution in [3.05, 3.63) is 34.9 Å². The lowest BCUT2D eigenvalue weighted by atomic mass is 9.91. The molecule has 0 radical (unpaired) electrons. The Hall–Kier alpha value is -1.20. The summed E-state index contributed by atoms with van der Waals surface area (Å²) in [6, 6.07) is 5.44. The van der Waals surface area contributed by atoms with E-state index in [9.17, 15) is 13.6 Å². The van der Waals surface area contributed by atoms with Gasteiger partial charge in [-0.25, -0.2) is 13.6 Å². The van der Waals surface area contributed by atoms with Crippen molar-refractivity contribution < 1.29 is 18.3 Å². The predicted octanol–water partition coefficient (Wildman–Crippen LogP) is 1.93. The van der Waals surface area contributed by atoms with E-state index in [0.717, 1.165) is 7.11 Å². The predicted molar refractivity (Wildman–Crippen MR) is 55.3 cm³/mol. The lowest BCUT2D eigenvalue weighted by Gasteiger charge is -2.25. The number of hydrogen-bond acceptors (Lipinski definition) is 3. The minimum atomic E-state index is -3.08. The van der Waals surface area contributed by atoms with Gasteiger partial charge in [0.05, 0.1) is 7.11 Å². The van der Waals surface area contributed by atoms with E-state index >= 15 is 0 Å². The Balaban J connectivity index is 3.27. The second-order valence-corrected chi connectivity index (χ2v) is 3.61. The maximum Gasteiger partial charge on any atom is 0.336 e. The highest BCUT2D eigenvalue weighted by atomic mass is 35.5. The van der Waals surface area contributed by atoms with Crippen LogP contribution in [-0.2, 0) is 15.1 Å². The quantitative estimate of drug-likeness (QED) is 0.833. The third-order valence-corrected chi connectivity index (χ3v) is 2.40. The summed E-state index contributed by atoms with van der Waals surface area (Å²) in [5.41, 5.74) is 2.83. The first-order valence-corrected chi connectivity index (χ1v) is 4.72. The first-order chi connectivity index (χ1) is 7.42. The Morgan fingerprint density at radius 1 is 1.56 bits per heavy atom. The summed E-state index contributed by atoms with van der Waals surface area (Å²) < 4.78 is 30.0. The monoisotopic (exact) mass is 249 g/mol. The second-order valence-electron chi connectivity index (χ2n) is 3.17. The highest BCUT2D eigenvalue weighted by molar-refractivity contribution is 6.30. The van der Waals surface area contributed by atoms with Crippen molar-refractivity contribution in [1.29, 1.82) is 0 Å². The summed E-state index contributed by atoms with van der Waals surface area (Å²) in [6.45, 7) is 0. The van der Waals surface area contributed by atoms with Crippen molar-refractivity contribution >= 4 is 17.6 Å². The summed E-state index contributed by atoms with van der Waals surface area (Å²) in [4.78, 5) is 11.3. The first kappa shape index (κ1) is 12.9. The lowest BCUT2D eigenvalue weighted by Crippen LogP contribution is -2.51. The lowest BCUT2D eigenvalue weighted by molar-refractivity contribution is -0.154. The molecule has 16 heavy (non-hydrogen) atoms. The van der Waals surface area contributed by atoms with Crippen molar-refractivity contribution in [3.8, 4) is 0 Å². The molecule has 0 spiro atoms. The highest BCUT2D eigenvalue weighted by Crippen LogP contribution is 2.28. The maximum absolute atomic E-state index is 12.9. The number of hydrogen-bond donors (Lipinski definition) is 1. The fourth-order valence-corrected chi connectivity index (χ4v) is 1.44. The Morgan fingerprint density at radius 3 is 2.62 bits per heavy atom. The number of ether oxygens (including phenoxy) is 1. The number of nitrogens with two attached hydrogens (primary N) is 1. The van der Waals surface area contributed by atoms with Crippen LogP contribution in [0.2, 0.25) is 5.02 Å². The Kier molecular flexibility index (Phi) is 3.83. The summed E-state index contributed by atoms with van der Waals surface area (Å²) in [5, 5.41) is 0.219. The molecule has 0 aliphatic heterocycles. The third-order valence-electron chi connectivity index (χ3n) is 2.17. The van der Waals surface area contributed by atoms with E-state index in [0.29, 0.717) is 0 Å². The van der Waals surface area contributed by atoms with Crippen molar-refractivity contribution in [2.75, 3.05) is 7.11 Å². The number of methoxy groups -OCH3 is 1. The number of carbonyl (C=O) groups excluding carboxylic acids is 1. The molecule has 0 amide bonds. The summed E-state index contributed by atoms with van der Waals surface area (Å²) in [6.07, 6.45) is -3.08. The van der Waals surface area contributed by atoms with Crippen LogP contribution in [0.4, 0.5) is 8.78 Å². The van der Waals surface area contributed by atoms with E-state index in [-0.39, 0.29) is 10.6 Å². The summed E-state index contributed by atoms with van der Waals surface area (Å²) in [7, 11) is 0.997. The minimum Gasteiger partial charge on any atom is -0.467 e. The second kappa shape index (κ2) is 4.76. The van der Waals surface area contributed by atoms with Crippen LogP contribution in [0.25, 0.3) is 0 Å². The van der Waals surface area contributed by atoms with Gasteiger partial charge in [-0.2, -0.15) is 0 Å². The van der Waals surface area contributed by atoms with Gasteiger partial charge in [-0.05, 0) is 17.7 Å².